The van der Waals surface area contributed by atoms with Gasteiger partial charge in [0.1, 0.15) is 17.3 Å². The Morgan fingerprint density at radius 3 is 2.52 bits per heavy atom. The van der Waals surface area contributed by atoms with Crippen molar-refractivity contribution in [2.24, 2.45) is 0 Å². The van der Waals surface area contributed by atoms with E-state index in [4.69, 9.17) is 0 Å². The molecule has 0 spiro atoms. The number of hydrogen-bond donors (Lipinski definition) is 2. The summed E-state index contributed by atoms with van der Waals surface area (Å²) in [5, 5.41) is 9.00. The van der Waals surface area contributed by atoms with E-state index in [-0.39, 0.29) is 18.0 Å². The first-order valence-electron chi connectivity index (χ1n) is 6.84. The summed E-state index contributed by atoms with van der Waals surface area (Å²) in [5.41, 5.74) is -0.231. The zero-order chi connectivity index (χ0) is 14.9. The third kappa shape index (κ3) is 2.41. The molecule has 1 saturated carbocycles. The number of benzene rings is 1. The van der Waals surface area contributed by atoms with Gasteiger partial charge in [-0.3, -0.25) is 9.89 Å². The fourth-order valence-electron chi connectivity index (χ4n) is 2.85. The van der Waals surface area contributed by atoms with Gasteiger partial charge in [0.25, 0.3) is 5.91 Å². The van der Waals surface area contributed by atoms with E-state index in [1.54, 1.807) is 6.07 Å². The zero-order valence-electron chi connectivity index (χ0n) is 11.3. The lowest BCUT2D eigenvalue weighted by Crippen LogP contribution is -2.46. The van der Waals surface area contributed by atoms with Gasteiger partial charge in [0, 0.05) is 23.7 Å². The average molecular weight is 291 g/mol. The van der Waals surface area contributed by atoms with Gasteiger partial charge in [0.2, 0.25) is 0 Å². The van der Waals surface area contributed by atoms with Crippen molar-refractivity contribution in [3.05, 3.63) is 53.4 Å². The smallest absolute Gasteiger partial charge is 0.269 e. The predicted molar refractivity (Wildman–Crippen MR) is 72.8 cm³/mol. The van der Waals surface area contributed by atoms with Crippen molar-refractivity contribution in [3.63, 3.8) is 0 Å². The second-order valence-corrected chi connectivity index (χ2v) is 5.38. The van der Waals surface area contributed by atoms with Crippen LogP contribution in [0.2, 0.25) is 0 Å². The lowest BCUT2D eigenvalue weighted by Gasteiger charge is -2.42. The van der Waals surface area contributed by atoms with Gasteiger partial charge in [-0.15, -0.1) is 0 Å². The molecule has 3 rings (SSSR count). The Bertz CT molecular complexity index is 631. The summed E-state index contributed by atoms with van der Waals surface area (Å²) in [6.45, 7) is 0.211. The molecular weight excluding hydrogens is 276 g/mol. The second-order valence-electron chi connectivity index (χ2n) is 5.38. The van der Waals surface area contributed by atoms with E-state index in [9.17, 15) is 13.6 Å². The number of rotatable bonds is 4. The van der Waals surface area contributed by atoms with Crippen LogP contribution in [0.4, 0.5) is 8.78 Å². The Hall–Kier alpha value is -2.24. The van der Waals surface area contributed by atoms with Crippen LogP contribution in [0.3, 0.4) is 0 Å². The number of halogens is 2. The van der Waals surface area contributed by atoms with Crippen molar-refractivity contribution in [2.45, 2.75) is 24.7 Å². The van der Waals surface area contributed by atoms with Gasteiger partial charge in [-0.1, -0.05) is 12.5 Å². The summed E-state index contributed by atoms with van der Waals surface area (Å²) in [6.07, 6.45) is 3.69. The third-order valence-corrected chi connectivity index (χ3v) is 4.14. The minimum absolute atomic E-state index is 0.0844. The molecule has 1 aliphatic rings. The highest BCUT2D eigenvalue weighted by Gasteiger charge is 2.42. The van der Waals surface area contributed by atoms with Gasteiger partial charge in [-0.2, -0.15) is 5.10 Å². The Labute approximate surface area is 120 Å². The molecule has 0 aliphatic heterocycles. The molecule has 1 aliphatic carbocycles. The van der Waals surface area contributed by atoms with Crippen LogP contribution in [0.25, 0.3) is 0 Å². The lowest BCUT2D eigenvalue weighted by atomic mass is 9.64. The van der Waals surface area contributed by atoms with Crippen LogP contribution in [0.5, 0.6) is 0 Å². The predicted octanol–water partition coefficient (Wildman–Crippen LogP) is 2.54. The monoisotopic (exact) mass is 291 g/mol. The first-order chi connectivity index (χ1) is 10.1. The van der Waals surface area contributed by atoms with Crippen LogP contribution in [0.1, 0.15) is 35.3 Å². The van der Waals surface area contributed by atoms with Crippen molar-refractivity contribution in [3.8, 4) is 0 Å². The molecule has 110 valence electrons. The molecule has 2 N–H and O–H groups in total. The van der Waals surface area contributed by atoms with Crippen LogP contribution in [0, 0.1) is 11.6 Å². The molecule has 2 aromatic rings. The Kier molecular flexibility index (Phi) is 3.45. The fraction of sp³-hybridized carbons (Fsp3) is 0.333. The van der Waals surface area contributed by atoms with Gasteiger partial charge >= 0.3 is 0 Å². The first kappa shape index (κ1) is 13.7. The quantitative estimate of drug-likeness (QED) is 0.909. The van der Waals surface area contributed by atoms with E-state index in [1.807, 2.05) is 0 Å². The summed E-state index contributed by atoms with van der Waals surface area (Å²) in [6, 6.07) is 5.42. The summed E-state index contributed by atoms with van der Waals surface area (Å²) in [5.74, 6) is -1.42. The Morgan fingerprint density at radius 1 is 1.29 bits per heavy atom. The standard InChI is InChI=1S/C15H15F2N3O/c16-10-3-1-4-11(17)13(10)15(6-2-7-15)9-18-14(21)12-5-8-19-20-12/h1,3-5,8H,2,6-7,9H2,(H,18,21)(H,19,20). The minimum atomic E-state index is -0.648. The van der Waals surface area contributed by atoms with E-state index in [0.29, 0.717) is 18.5 Å². The fourth-order valence-corrected chi connectivity index (χ4v) is 2.85. The highest BCUT2D eigenvalue weighted by Crippen LogP contribution is 2.45. The van der Waals surface area contributed by atoms with Crippen LogP contribution in [-0.2, 0) is 5.41 Å². The van der Waals surface area contributed by atoms with Gasteiger partial charge in [0.05, 0.1) is 0 Å². The molecule has 4 nitrogen and oxygen atoms in total. The Morgan fingerprint density at radius 2 is 2.00 bits per heavy atom. The van der Waals surface area contributed by atoms with Crippen molar-refractivity contribution in [1.29, 1.82) is 0 Å². The maximum absolute atomic E-state index is 14.0. The van der Waals surface area contributed by atoms with E-state index in [1.165, 1.54) is 24.4 Å². The molecule has 1 heterocycles. The molecule has 1 aromatic heterocycles. The van der Waals surface area contributed by atoms with Crippen LogP contribution in [0.15, 0.2) is 30.5 Å². The van der Waals surface area contributed by atoms with Gasteiger partial charge < -0.3 is 5.32 Å². The molecule has 1 aromatic carbocycles. The number of hydrogen-bond acceptors (Lipinski definition) is 2. The van der Waals surface area contributed by atoms with Crippen molar-refractivity contribution in [1.82, 2.24) is 15.5 Å². The number of aromatic amines is 1. The number of nitrogens with zero attached hydrogens (tertiary/aromatic N) is 1. The molecule has 1 fully saturated rings. The van der Waals surface area contributed by atoms with E-state index in [2.05, 4.69) is 15.5 Å². The minimum Gasteiger partial charge on any atom is -0.350 e. The molecule has 0 saturated heterocycles. The summed E-state index contributed by atoms with van der Waals surface area (Å²) < 4.78 is 28.0. The van der Waals surface area contributed by atoms with Crippen molar-refractivity contribution in [2.75, 3.05) is 6.54 Å². The number of aromatic nitrogens is 2. The zero-order valence-corrected chi connectivity index (χ0v) is 11.3. The lowest BCUT2D eigenvalue weighted by molar-refractivity contribution is 0.0920. The number of amides is 1. The molecule has 0 unspecified atom stereocenters. The van der Waals surface area contributed by atoms with Crippen LogP contribution < -0.4 is 5.32 Å². The first-order valence-corrected chi connectivity index (χ1v) is 6.84. The molecular formula is C15H15F2N3O. The Balaban J connectivity index is 1.80. The molecule has 0 radical (unpaired) electrons. The highest BCUT2D eigenvalue weighted by molar-refractivity contribution is 5.92. The van der Waals surface area contributed by atoms with E-state index in [0.717, 1.165) is 6.42 Å². The third-order valence-electron chi connectivity index (χ3n) is 4.14. The molecule has 0 atom stereocenters. The maximum Gasteiger partial charge on any atom is 0.269 e. The summed E-state index contributed by atoms with van der Waals surface area (Å²) >= 11 is 0. The van der Waals surface area contributed by atoms with E-state index >= 15 is 0 Å². The summed E-state index contributed by atoms with van der Waals surface area (Å²) in [4.78, 5) is 11.9. The summed E-state index contributed by atoms with van der Waals surface area (Å²) in [7, 11) is 0. The maximum atomic E-state index is 14.0. The number of nitrogens with one attached hydrogen (secondary N) is 2. The van der Waals surface area contributed by atoms with Gasteiger partial charge in [-0.25, -0.2) is 8.78 Å². The second kappa shape index (κ2) is 5.27. The normalized spacial score (nSPS) is 16.3. The topological polar surface area (TPSA) is 57.8 Å². The van der Waals surface area contributed by atoms with E-state index < -0.39 is 17.0 Å². The molecule has 6 heteroatoms. The van der Waals surface area contributed by atoms with Crippen LogP contribution >= 0.6 is 0 Å². The molecule has 21 heavy (non-hydrogen) atoms. The average Bonchev–Trinajstić information content (AvgIpc) is 2.94. The van der Waals surface area contributed by atoms with Crippen molar-refractivity contribution >= 4 is 5.91 Å². The van der Waals surface area contributed by atoms with Gasteiger partial charge in [0.15, 0.2) is 0 Å². The number of carbonyl (C=O) groups is 1. The SMILES string of the molecule is O=C(NCC1(c2c(F)cccc2F)CCC1)c1ccn[nH]1. The largest absolute Gasteiger partial charge is 0.350 e. The number of H-pyrrole nitrogens is 1. The highest BCUT2D eigenvalue weighted by atomic mass is 19.1. The number of carbonyl (C=O) groups excluding carboxylic acids is 1. The molecule has 1 amide bonds. The van der Waals surface area contributed by atoms with Crippen LogP contribution in [-0.4, -0.2) is 22.6 Å². The van der Waals surface area contributed by atoms with Crippen molar-refractivity contribution < 1.29 is 13.6 Å². The van der Waals surface area contributed by atoms with Gasteiger partial charge in [-0.05, 0) is 31.0 Å². The molecule has 0 bridgehead atoms.